The molecule has 6 nitrogen and oxygen atoms in total. The van der Waals surface area contributed by atoms with Crippen molar-refractivity contribution in [2.75, 3.05) is 11.4 Å². The molecule has 0 spiro atoms. The van der Waals surface area contributed by atoms with E-state index in [1.807, 2.05) is 98.7 Å². The number of carbonyl (C=O) groups excluding carboxylic acids is 2. The molecule has 0 aliphatic carbocycles. The third-order valence-electron chi connectivity index (χ3n) is 5.39. The number of anilines is 1. The van der Waals surface area contributed by atoms with Gasteiger partial charge in [0.2, 0.25) is 11.8 Å². The van der Waals surface area contributed by atoms with E-state index in [0.717, 1.165) is 29.0 Å². The van der Waals surface area contributed by atoms with E-state index in [1.54, 1.807) is 0 Å². The summed E-state index contributed by atoms with van der Waals surface area (Å²) in [7, 11) is 0. The predicted molar refractivity (Wildman–Crippen MR) is 130 cm³/mol. The summed E-state index contributed by atoms with van der Waals surface area (Å²) in [6, 6.07) is 17.7. The highest BCUT2D eigenvalue weighted by Crippen LogP contribution is 2.21. The van der Waals surface area contributed by atoms with Gasteiger partial charge in [-0.25, -0.2) is 4.98 Å². The number of amides is 2. The lowest BCUT2D eigenvalue weighted by Crippen LogP contribution is -2.39. The summed E-state index contributed by atoms with van der Waals surface area (Å²) in [5.41, 5.74) is 2.32. The average Bonchev–Trinajstić information content (AvgIpc) is 3.08. The van der Waals surface area contributed by atoms with Crippen molar-refractivity contribution in [1.29, 1.82) is 0 Å². The Hall–Kier alpha value is -3.15. The number of imidazole rings is 1. The van der Waals surface area contributed by atoms with E-state index in [1.165, 1.54) is 0 Å². The molecule has 6 heteroatoms. The van der Waals surface area contributed by atoms with Crippen LogP contribution in [0.25, 0.3) is 11.0 Å². The Morgan fingerprint density at radius 1 is 1.03 bits per heavy atom. The zero-order valence-corrected chi connectivity index (χ0v) is 19.8. The molecule has 0 saturated heterocycles. The fourth-order valence-corrected chi connectivity index (χ4v) is 3.74. The van der Waals surface area contributed by atoms with Crippen LogP contribution in [0.2, 0.25) is 0 Å². The summed E-state index contributed by atoms with van der Waals surface area (Å²) in [5, 5.41) is 2.99. The molecule has 2 aromatic carbocycles. The Bertz CT molecular complexity index is 1060. The summed E-state index contributed by atoms with van der Waals surface area (Å²) >= 11 is 0. The maximum absolute atomic E-state index is 13.4. The highest BCUT2D eigenvalue weighted by atomic mass is 16.2. The van der Waals surface area contributed by atoms with Crippen molar-refractivity contribution >= 4 is 28.5 Å². The minimum absolute atomic E-state index is 0.0247. The van der Waals surface area contributed by atoms with Crippen LogP contribution < -0.4 is 10.2 Å². The highest BCUT2D eigenvalue weighted by molar-refractivity contribution is 5.94. The minimum atomic E-state index is -0.405. The predicted octanol–water partition coefficient (Wildman–Crippen LogP) is 4.57. The van der Waals surface area contributed by atoms with Gasteiger partial charge < -0.3 is 14.8 Å². The van der Waals surface area contributed by atoms with E-state index >= 15 is 0 Å². The van der Waals surface area contributed by atoms with Crippen LogP contribution in [0.15, 0.2) is 54.6 Å². The number of para-hydroxylation sites is 3. The molecule has 0 aliphatic rings. The van der Waals surface area contributed by atoms with E-state index in [4.69, 9.17) is 4.98 Å². The van der Waals surface area contributed by atoms with Gasteiger partial charge in [0.1, 0.15) is 12.4 Å². The lowest BCUT2D eigenvalue weighted by Gasteiger charge is -2.27. The summed E-state index contributed by atoms with van der Waals surface area (Å²) in [5.74, 6) is 0.926. The van der Waals surface area contributed by atoms with Gasteiger partial charge in [-0.05, 0) is 44.5 Å². The Balaban J connectivity index is 1.79. The molecule has 1 heterocycles. The molecule has 3 rings (SSSR count). The summed E-state index contributed by atoms with van der Waals surface area (Å²) in [4.78, 5) is 32.1. The smallest absolute Gasteiger partial charge is 0.247 e. The standard InChI is InChI=1S/C26H34N4O2/c1-19(2)30(20-12-7-6-8-13-20)24(31)18-29-22-15-10-9-14-21(22)28-23(29)16-11-17-27-25(32)26(3,4)5/h6-10,12-15,19H,11,16-18H2,1-5H3,(H,27,32). The van der Waals surface area contributed by atoms with Crippen LogP contribution in [0.4, 0.5) is 5.69 Å². The summed E-state index contributed by atoms with van der Waals surface area (Å²) in [6.07, 6.45) is 1.44. The van der Waals surface area contributed by atoms with Crippen molar-refractivity contribution in [3.05, 3.63) is 60.4 Å². The first-order chi connectivity index (χ1) is 15.2. The highest BCUT2D eigenvalue weighted by Gasteiger charge is 2.22. The normalized spacial score (nSPS) is 11.7. The second-order valence-electron chi connectivity index (χ2n) is 9.41. The van der Waals surface area contributed by atoms with E-state index in [9.17, 15) is 9.59 Å². The fraction of sp³-hybridized carbons (Fsp3) is 0.423. The zero-order valence-electron chi connectivity index (χ0n) is 19.8. The Morgan fingerprint density at radius 3 is 2.34 bits per heavy atom. The molecule has 0 unspecified atom stereocenters. The van der Waals surface area contributed by atoms with Crippen molar-refractivity contribution in [1.82, 2.24) is 14.9 Å². The second kappa shape index (κ2) is 9.98. The fourth-order valence-electron chi connectivity index (χ4n) is 3.74. The maximum Gasteiger partial charge on any atom is 0.247 e. The maximum atomic E-state index is 13.4. The van der Waals surface area contributed by atoms with Gasteiger partial charge in [-0.2, -0.15) is 0 Å². The van der Waals surface area contributed by atoms with Gasteiger partial charge >= 0.3 is 0 Å². The molecular weight excluding hydrogens is 400 g/mol. The zero-order chi connectivity index (χ0) is 23.3. The number of hydrogen-bond acceptors (Lipinski definition) is 3. The summed E-state index contributed by atoms with van der Waals surface area (Å²) in [6.45, 7) is 10.6. The van der Waals surface area contributed by atoms with Gasteiger partial charge in [-0.1, -0.05) is 51.1 Å². The van der Waals surface area contributed by atoms with Crippen molar-refractivity contribution in [2.45, 2.75) is 60.0 Å². The quantitative estimate of drug-likeness (QED) is 0.528. The SMILES string of the molecule is CC(C)N(C(=O)Cn1c(CCCNC(=O)C(C)(C)C)nc2ccccc21)c1ccccc1. The van der Waals surface area contributed by atoms with Gasteiger partial charge in [0, 0.05) is 30.1 Å². The van der Waals surface area contributed by atoms with E-state index in [-0.39, 0.29) is 24.4 Å². The van der Waals surface area contributed by atoms with Crippen LogP contribution in [-0.2, 0) is 22.6 Å². The number of aromatic nitrogens is 2. The molecular formula is C26H34N4O2. The molecule has 0 atom stereocenters. The van der Waals surface area contributed by atoms with Crippen LogP contribution >= 0.6 is 0 Å². The largest absolute Gasteiger partial charge is 0.356 e. The topological polar surface area (TPSA) is 67.2 Å². The molecule has 0 bridgehead atoms. The molecule has 32 heavy (non-hydrogen) atoms. The number of nitrogens with one attached hydrogen (secondary N) is 1. The van der Waals surface area contributed by atoms with E-state index in [2.05, 4.69) is 5.32 Å². The molecule has 0 radical (unpaired) electrons. The molecule has 3 aromatic rings. The van der Waals surface area contributed by atoms with Crippen molar-refractivity contribution in [3.63, 3.8) is 0 Å². The Morgan fingerprint density at radius 2 is 1.69 bits per heavy atom. The lowest BCUT2D eigenvalue weighted by atomic mass is 9.96. The van der Waals surface area contributed by atoms with Gasteiger partial charge in [-0.15, -0.1) is 0 Å². The van der Waals surface area contributed by atoms with Crippen LogP contribution in [0, 0.1) is 5.41 Å². The minimum Gasteiger partial charge on any atom is -0.356 e. The average molecular weight is 435 g/mol. The number of benzene rings is 2. The van der Waals surface area contributed by atoms with Gasteiger partial charge in [-0.3, -0.25) is 9.59 Å². The van der Waals surface area contributed by atoms with Gasteiger partial charge in [0.15, 0.2) is 0 Å². The number of aryl methyl sites for hydroxylation is 1. The van der Waals surface area contributed by atoms with Crippen LogP contribution in [-0.4, -0.2) is 34.0 Å². The van der Waals surface area contributed by atoms with E-state index < -0.39 is 5.41 Å². The van der Waals surface area contributed by atoms with Crippen LogP contribution in [0.1, 0.15) is 46.9 Å². The monoisotopic (exact) mass is 434 g/mol. The first-order valence-electron chi connectivity index (χ1n) is 11.3. The third-order valence-corrected chi connectivity index (χ3v) is 5.39. The molecule has 1 aromatic heterocycles. The lowest BCUT2D eigenvalue weighted by molar-refractivity contribution is -0.128. The van der Waals surface area contributed by atoms with E-state index in [0.29, 0.717) is 13.0 Å². The molecule has 0 saturated carbocycles. The number of rotatable bonds is 8. The van der Waals surface area contributed by atoms with Crippen molar-refractivity contribution in [2.24, 2.45) is 5.41 Å². The molecule has 2 amide bonds. The summed E-state index contributed by atoms with van der Waals surface area (Å²) < 4.78 is 2.02. The number of carbonyl (C=O) groups is 2. The Kier molecular flexibility index (Phi) is 7.33. The second-order valence-corrected chi connectivity index (χ2v) is 9.41. The first-order valence-corrected chi connectivity index (χ1v) is 11.3. The molecule has 0 aliphatic heterocycles. The van der Waals surface area contributed by atoms with Crippen LogP contribution in [0.3, 0.4) is 0 Å². The van der Waals surface area contributed by atoms with Crippen LogP contribution in [0.5, 0.6) is 0 Å². The van der Waals surface area contributed by atoms with Crippen molar-refractivity contribution < 1.29 is 9.59 Å². The molecule has 0 fully saturated rings. The van der Waals surface area contributed by atoms with Crippen molar-refractivity contribution in [3.8, 4) is 0 Å². The number of fused-ring (bicyclic) bond motifs is 1. The van der Waals surface area contributed by atoms with Gasteiger partial charge in [0.25, 0.3) is 0 Å². The third kappa shape index (κ3) is 5.55. The number of nitrogens with zero attached hydrogens (tertiary/aromatic N) is 3. The number of hydrogen-bond donors (Lipinski definition) is 1. The first kappa shape index (κ1) is 23.5. The molecule has 170 valence electrons. The Labute approximate surface area is 190 Å². The molecule has 1 N–H and O–H groups in total. The van der Waals surface area contributed by atoms with Gasteiger partial charge in [0.05, 0.1) is 11.0 Å².